The number of aliphatic carboxylic acids is 3. The Morgan fingerprint density at radius 3 is 1.77 bits per heavy atom. The average molecular weight is 1800 g/mol. The monoisotopic (exact) mass is 1800 g/mol. The summed E-state index contributed by atoms with van der Waals surface area (Å²) in [5.74, 6) is -28.2. The van der Waals surface area contributed by atoms with Gasteiger partial charge in [-0.05, 0) is 87.4 Å². The molecule has 45 heteroatoms. The maximum atomic E-state index is 15.0. The molecule has 3 aromatic carbocycles. The van der Waals surface area contributed by atoms with Crippen molar-refractivity contribution in [1.82, 2.24) is 79.4 Å². The first kappa shape index (κ1) is 101. The van der Waals surface area contributed by atoms with Crippen LogP contribution in [0, 0.1) is 5.92 Å². The van der Waals surface area contributed by atoms with Crippen LogP contribution in [-0.2, 0) is 97.5 Å². The van der Waals surface area contributed by atoms with Gasteiger partial charge in [0.1, 0.15) is 72.6 Å². The number of carbonyl (C=O) groups is 20. The minimum atomic E-state index is -2.38. The number of fused-ring (bicyclic) bond motifs is 1. The van der Waals surface area contributed by atoms with Crippen LogP contribution < -0.4 is 91.6 Å². The van der Waals surface area contributed by atoms with E-state index in [9.17, 15) is 121 Å². The number of hydrogen-bond donors (Lipinski definition) is 23. The first-order valence-corrected chi connectivity index (χ1v) is 40.5. The van der Waals surface area contributed by atoms with Crippen molar-refractivity contribution in [3.63, 3.8) is 0 Å². The number of carbonyl (C=O) groups excluding carboxylic acids is 17. The van der Waals surface area contributed by atoms with Crippen LogP contribution in [0.2, 0.25) is 0 Å². The smallest absolute Gasteiger partial charge is 0.329 e. The van der Waals surface area contributed by atoms with Gasteiger partial charge in [-0.2, -0.15) is 0 Å². The summed E-state index contributed by atoms with van der Waals surface area (Å²) in [7, 11) is 0. The standard InChI is InChI=1S/C79H107BrN18O26/c1-5-6-7-8-9-10-11-22-60(103)90-52(29-42-35-85-49-20-15-13-17-44(42)49)74(118)94-53(32-59(83)102)75(119)92-51(25-27-99)72(116)98-67-41(4)124-79(123)56(31-58(101)45-18-12-14-19-47(45)81)96-78(122)66(39(2)28-63(106)107)97-76(120)57(38-100)91-62(105)36-86-70(114)54(33-64(108)109)93-68(112)40(3)88-73(117)55(34-65(110)111)95-71(115)50(89-61(104)37-87-77(67)121)21-16-26-84-69(113)46-30-43(80)23-24-48(46)82/h12-15,17-20,23-24,30,35,39-41,50-57,66-67,85,99-100H,5-11,16,21-22,25-29,31-34,36-38,81-82H2,1-4H3,(H2,83,102)(H,84,113)(H,86,114)(H,87,121)(H,88,117)(H,89,104)(H,90,103)(H,91,105)(H,92,119)(H,93,112)(H,94,118)(H,95,115)(H,96,122)(H,97,120)(H,98,116)(H,106,107)(H,108,109)(H,110,111)/t39-,40-,41-,50+,51+,52+,53+,54+,55+,56+,57-,66+,67+/m1/s1. The number of ketones is 1. The van der Waals surface area contributed by atoms with Crippen molar-refractivity contribution in [3.05, 3.63) is 94.1 Å². The minimum absolute atomic E-state index is 0.00102. The molecule has 124 heavy (non-hydrogen) atoms. The maximum absolute atomic E-state index is 15.0. The van der Waals surface area contributed by atoms with Gasteiger partial charge in [-0.1, -0.05) is 98.6 Å². The number of primary amides is 1. The highest BCUT2D eigenvalue weighted by atomic mass is 79.9. The topological polar surface area (TPSA) is 714 Å². The van der Waals surface area contributed by atoms with E-state index in [2.05, 4.69) is 86.3 Å². The number of H-pyrrole nitrogens is 1. The summed E-state index contributed by atoms with van der Waals surface area (Å²) in [4.78, 5) is 280. The summed E-state index contributed by atoms with van der Waals surface area (Å²) in [5.41, 5.74) is 18.6. The molecule has 13 atom stereocenters. The summed E-state index contributed by atoms with van der Waals surface area (Å²) in [6.45, 7) is 0.0552. The van der Waals surface area contributed by atoms with Gasteiger partial charge in [0.25, 0.3) is 5.91 Å². The zero-order chi connectivity index (χ0) is 92.0. The fraction of sp³-hybridized carbons (Fsp3) is 0.494. The van der Waals surface area contributed by atoms with Crippen LogP contribution >= 0.6 is 15.9 Å². The third-order valence-electron chi connectivity index (χ3n) is 19.4. The number of esters is 1. The number of benzene rings is 3. The second kappa shape index (κ2) is 50.9. The molecule has 1 aliphatic rings. The molecule has 0 aliphatic carbocycles. The Hall–Kier alpha value is -13.2. The third-order valence-corrected chi connectivity index (χ3v) is 19.9. The molecule has 4 aromatic rings. The first-order valence-electron chi connectivity index (χ1n) is 39.7. The highest BCUT2D eigenvalue weighted by Gasteiger charge is 2.41. The molecule has 26 N–H and O–H groups in total. The van der Waals surface area contributed by atoms with Gasteiger partial charge in [0.05, 0.1) is 50.9 Å². The molecular formula is C79H107BrN18O26. The van der Waals surface area contributed by atoms with E-state index in [0.717, 1.165) is 52.9 Å². The van der Waals surface area contributed by atoms with Gasteiger partial charge < -0.3 is 127 Å². The second-order valence-electron chi connectivity index (χ2n) is 29.4. The van der Waals surface area contributed by atoms with Gasteiger partial charge in [-0.15, -0.1) is 0 Å². The lowest BCUT2D eigenvalue weighted by Crippen LogP contribution is -2.61. The van der Waals surface area contributed by atoms with E-state index >= 15 is 0 Å². The highest BCUT2D eigenvalue weighted by molar-refractivity contribution is 9.10. The molecule has 1 fully saturated rings. The van der Waals surface area contributed by atoms with Crippen LogP contribution in [0.5, 0.6) is 0 Å². The first-order chi connectivity index (χ1) is 58.7. The van der Waals surface area contributed by atoms with Crippen molar-refractivity contribution in [3.8, 4) is 0 Å². The average Bonchev–Trinajstić information content (AvgIpc) is 1.64. The zero-order valence-corrected chi connectivity index (χ0v) is 70.0. The van der Waals surface area contributed by atoms with Gasteiger partial charge in [0.2, 0.25) is 82.7 Å². The lowest BCUT2D eigenvalue weighted by molar-refractivity contribution is -0.156. The Bertz CT molecular complexity index is 4550. The molecule has 5 rings (SSSR count). The summed E-state index contributed by atoms with van der Waals surface area (Å²) < 4.78 is 6.22. The Morgan fingerprint density at radius 1 is 0.565 bits per heavy atom. The van der Waals surface area contributed by atoms with E-state index in [-0.39, 0.29) is 48.3 Å². The molecule has 0 bridgehead atoms. The Morgan fingerprint density at radius 2 is 1.14 bits per heavy atom. The summed E-state index contributed by atoms with van der Waals surface area (Å²) in [6, 6.07) is -5.77. The van der Waals surface area contributed by atoms with Crippen LogP contribution in [0.25, 0.3) is 10.9 Å². The number of aromatic nitrogens is 1. The number of amides is 15. The molecule has 2 heterocycles. The number of hydrogen-bond acceptors (Lipinski definition) is 25. The number of anilines is 2. The number of nitrogen functional groups attached to an aromatic ring is 2. The molecule has 0 spiro atoms. The number of aromatic amines is 1. The number of nitrogens with two attached hydrogens (primary N) is 3. The predicted octanol–water partition coefficient (Wildman–Crippen LogP) is -3.90. The number of cyclic esters (lactones) is 1. The summed E-state index contributed by atoms with van der Waals surface area (Å²) >= 11 is 3.25. The summed E-state index contributed by atoms with van der Waals surface area (Å²) in [5, 5.41) is 82.6. The largest absolute Gasteiger partial charge is 0.481 e. The molecule has 0 saturated carbocycles. The Balaban J connectivity index is 1.63. The second-order valence-corrected chi connectivity index (χ2v) is 30.3. The lowest BCUT2D eigenvalue weighted by Gasteiger charge is -2.30. The fourth-order valence-electron chi connectivity index (χ4n) is 12.8. The quantitative estimate of drug-likeness (QED) is 0.00888. The molecule has 676 valence electrons. The van der Waals surface area contributed by atoms with Crippen LogP contribution in [0.4, 0.5) is 11.4 Å². The number of Topliss-reactive ketones (excluding diaryl/α,β-unsaturated/α-hetero) is 1. The van der Waals surface area contributed by atoms with E-state index in [1.165, 1.54) is 36.4 Å². The number of carboxylic acid groups (broad SMARTS) is 3. The number of para-hydroxylation sites is 2. The molecule has 15 amide bonds. The Labute approximate surface area is 718 Å². The van der Waals surface area contributed by atoms with Crippen molar-refractivity contribution in [2.75, 3.05) is 44.3 Å². The highest BCUT2D eigenvalue weighted by Crippen LogP contribution is 2.23. The normalized spacial score (nSPS) is 20.5. The van der Waals surface area contributed by atoms with E-state index in [4.69, 9.17) is 21.9 Å². The number of unbranched alkanes of at least 4 members (excludes halogenated alkanes) is 6. The molecule has 1 aliphatic heterocycles. The van der Waals surface area contributed by atoms with Crippen molar-refractivity contribution in [1.29, 1.82) is 0 Å². The van der Waals surface area contributed by atoms with Crippen LogP contribution in [-0.4, -0.2) is 254 Å². The van der Waals surface area contributed by atoms with E-state index < -0.39 is 268 Å². The number of nitrogens with one attached hydrogen (secondary N) is 15. The molecule has 0 radical (unpaired) electrons. The van der Waals surface area contributed by atoms with Crippen LogP contribution in [0.15, 0.2) is 77.4 Å². The van der Waals surface area contributed by atoms with Gasteiger partial charge in [0.15, 0.2) is 5.78 Å². The zero-order valence-electron chi connectivity index (χ0n) is 68.4. The number of ether oxygens (including phenoxy) is 1. The maximum Gasteiger partial charge on any atom is 0.329 e. The molecule has 0 unspecified atom stereocenters. The van der Waals surface area contributed by atoms with Crippen LogP contribution in [0.3, 0.4) is 0 Å². The lowest BCUT2D eigenvalue weighted by atomic mass is 9.96. The number of rotatable bonds is 37. The predicted molar refractivity (Wildman–Crippen MR) is 442 cm³/mol. The van der Waals surface area contributed by atoms with Crippen molar-refractivity contribution in [2.24, 2.45) is 11.7 Å². The SMILES string of the molecule is CCCCCCCCCC(=O)N[C@@H](Cc1c[nH]c2ccccc12)C(=O)N[C@@H](CC(N)=O)C(=O)N[C@@H](CCO)C(=O)N[C@@H]1C(=O)NCC(=O)N[C@@H](CCCNC(=O)c2cc(Br)ccc2N)C(=O)N[C@@H](CC(=O)O)C(=O)N[C@H](C)C(=O)N[C@@H](CC(=O)O)C(=O)NCC(=O)N[C@H](CO)C(=O)N[C@@H]([C@H](C)CC(=O)O)C(=O)N[C@@H](CC(=O)c2ccccc2N)C(=O)O[C@@H]1C. The van der Waals surface area contributed by atoms with Gasteiger partial charge in [-0.25, -0.2) is 4.79 Å². The fourth-order valence-corrected chi connectivity index (χ4v) is 13.1. The van der Waals surface area contributed by atoms with Gasteiger partial charge in [0, 0.05) is 70.9 Å². The summed E-state index contributed by atoms with van der Waals surface area (Å²) in [6.07, 6.45) is -1.78. The van der Waals surface area contributed by atoms with Gasteiger partial charge in [-0.3, -0.25) is 91.1 Å². The number of aliphatic hydroxyl groups is 2. The minimum Gasteiger partial charge on any atom is -0.481 e. The van der Waals surface area contributed by atoms with Crippen molar-refractivity contribution in [2.45, 2.75) is 209 Å². The van der Waals surface area contributed by atoms with E-state index in [0.29, 0.717) is 33.8 Å². The van der Waals surface area contributed by atoms with Gasteiger partial charge >= 0.3 is 23.9 Å². The van der Waals surface area contributed by atoms with Crippen molar-refractivity contribution >= 4 is 156 Å². The molecule has 1 aromatic heterocycles. The van der Waals surface area contributed by atoms with E-state index in [1.807, 2.05) is 16.0 Å². The van der Waals surface area contributed by atoms with Crippen molar-refractivity contribution < 1.29 is 126 Å². The number of aliphatic hydroxyl groups excluding tert-OH is 2. The Kier molecular flexibility index (Phi) is 41.6. The number of carboxylic acids is 3. The van der Waals surface area contributed by atoms with Crippen LogP contribution in [0.1, 0.15) is 157 Å². The molecule has 44 nitrogen and oxygen atoms in total. The number of halogens is 1. The molecule has 1 saturated heterocycles. The van der Waals surface area contributed by atoms with E-state index in [1.54, 1.807) is 36.5 Å². The molecular weight excluding hydrogens is 1700 g/mol. The third kappa shape index (κ3) is 33.7.